The van der Waals surface area contributed by atoms with Crippen molar-refractivity contribution in [2.24, 2.45) is 5.41 Å². The maximum Gasteiger partial charge on any atom is 0.319 e. The number of aliphatic hydroxyl groups is 1. The highest BCUT2D eigenvalue weighted by Crippen LogP contribution is 2.18. The Labute approximate surface area is 114 Å². The van der Waals surface area contributed by atoms with Gasteiger partial charge in [0.2, 0.25) is 0 Å². The molecule has 1 rings (SSSR count). The summed E-state index contributed by atoms with van der Waals surface area (Å²) < 4.78 is 5.04. The second-order valence-electron chi connectivity index (χ2n) is 5.17. The first-order valence-electron chi connectivity index (χ1n) is 6.26. The van der Waals surface area contributed by atoms with Gasteiger partial charge in [0, 0.05) is 18.8 Å². The molecule has 106 valence electrons. The van der Waals surface area contributed by atoms with Gasteiger partial charge in [0.15, 0.2) is 0 Å². The number of hydrogen-bond donors (Lipinski definition) is 3. The molecule has 0 aromatic heterocycles. The van der Waals surface area contributed by atoms with E-state index in [0.29, 0.717) is 18.7 Å². The van der Waals surface area contributed by atoms with Gasteiger partial charge >= 0.3 is 6.03 Å². The Hall–Kier alpha value is -1.75. The van der Waals surface area contributed by atoms with Crippen LogP contribution in [0.5, 0.6) is 5.75 Å². The summed E-state index contributed by atoms with van der Waals surface area (Å²) in [6.45, 7) is 4.62. The van der Waals surface area contributed by atoms with Crippen LogP contribution in [0.25, 0.3) is 0 Å². The number of benzene rings is 1. The van der Waals surface area contributed by atoms with Gasteiger partial charge in [0.25, 0.3) is 0 Å². The van der Waals surface area contributed by atoms with Crippen molar-refractivity contribution in [3.63, 3.8) is 0 Å². The van der Waals surface area contributed by atoms with Crippen LogP contribution in [0.1, 0.15) is 20.3 Å². The highest BCUT2D eigenvalue weighted by atomic mass is 16.5. The first kappa shape index (κ1) is 15.3. The number of nitrogens with one attached hydrogen (secondary N) is 2. The van der Waals surface area contributed by atoms with Crippen molar-refractivity contribution in [3.8, 4) is 5.75 Å². The number of anilines is 1. The SMILES string of the molecule is COc1ccc(NC(=O)NCC(C)(C)CCO)cc1. The van der Waals surface area contributed by atoms with E-state index in [9.17, 15) is 4.79 Å². The maximum absolute atomic E-state index is 11.7. The molecule has 0 saturated carbocycles. The van der Waals surface area contributed by atoms with Crippen LogP contribution in [0.15, 0.2) is 24.3 Å². The summed E-state index contributed by atoms with van der Waals surface area (Å²) >= 11 is 0. The van der Waals surface area contributed by atoms with Crippen molar-refractivity contribution in [2.75, 3.05) is 25.6 Å². The zero-order chi connectivity index (χ0) is 14.3. The highest BCUT2D eigenvalue weighted by molar-refractivity contribution is 5.89. The molecule has 0 radical (unpaired) electrons. The molecule has 5 heteroatoms. The lowest BCUT2D eigenvalue weighted by molar-refractivity contribution is 0.204. The standard InChI is InChI=1S/C14H22N2O3/c1-14(2,8-9-17)10-15-13(18)16-11-4-6-12(19-3)7-5-11/h4-7,17H,8-10H2,1-3H3,(H2,15,16,18). The molecule has 2 amide bonds. The van der Waals surface area contributed by atoms with E-state index in [1.54, 1.807) is 31.4 Å². The molecule has 0 aliphatic heterocycles. The molecular formula is C14H22N2O3. The number of amides is 2. The average Bonchev–Trinajstić information content (AvgIpc) is 2.37. The minimum absolute atomic E-state index is 0.119. The number of rotatable bonds is 6. The van der Waals surface area contributed by atoms with Gasteiger partial charge in [-0.3, -0.25) is 0 Å². The highest BCUT2D eigenvalue weighted by Gasteiger charge is 2.17. The molecule has 0 aliphatic rings. The summed E-state index contributed by atoms with van der Waals surface area (Å²) in [7, 11) is 1.60. The molecule has 0 unspecified atom stereocenters. The lowest BCUT2D eigenvalue weighted by atomic mass is 9.90. The van der Waals surface area contributed by atoms with Crippen LogP contribution < -0.4 is 15.4 Å². The molecule has 0 aliphatic carbocycles. The predicted octanol–water partition coefficient (Wildman–Crippen LogP) is 2.23. The fourth-order valence-electron chi connectivity index (χ4n) is 1.56. The second kappa shape index (κ2) is 6.99. The van der Waals surface area contributed by atoms with E-state index in [-0.39, 0.29) is 18.1 Å². The largest absolute Gasteiger partial charge is 0.497 e. The number of aliphatic hydroxyl groups excluding tert-OH is 1. The minimum atomic E-state index is -0.254. The van der Waals surface area contributed by atoms with Gasteiger partial charge in [-0.15, -0.1) is 0 Å². The van der Waals surface area contributed by atoms with Gasteiger partial charge < -0.3 is 20.5 Å². The molecule has 0 fully saturated rings. The number of carbonyl (C=O) groups is 1. The predicted molar refractivity (Wildman–Crippen MR) is 75.5 cm³/mol. The number of carbonyl (C=O) groups excluding carboxylic acids is 1. The zero-order valence-electron chi connectivity index (χ0n) is 11.7. The van der Waals surface area contributed by atoms with Crippen LogP contribution in [0, 0.1) is 5.41 Å². The van der Waals surface area contributed by atoms with Crippen molar-refractivity contribution in [1.82, 2.24) is 5.32 Å². The molecule has 0 spiro atoms. The summed E-state index contributed by atoms with van der Waals surface area (Å²) in [5, 5.41) is 14.4. The van der Waals surface area contributed by atoms with E-state index in [1.165, 1.54) is 0 Å². The Balaban J connectivity index is 2.42. The quantitative estimate of drug-likeness (QED) is 0.739. The fraction of sp³-hybridized carbons (Fsp3) is 0.500. The van der Waals surface area contributed by atoms with Gasteiger partial charge in [-0.2, -0.15) is 0 Å². The number of hydrogen-bond acceptors (Lipinski definition) is 3. The first-order chi connectivity index (χ1) is 8.96. The molecule has 0 bridgehead atoms. The maximum atomic E-state index is 11.7. The normalized spacial score (nSPS) is 10.9. The number of urea groups is 1. The number of ether oxygens (including phenoxy) is 1. The molecule has 19 heavy (non-hydrogen) atoms. The van der Waals surface area contributed by atoms with E-state index in [4.69, 9.17) is 9.84 Å². The van der Waals surface area contributed by atoms with E-state index in [0.717, 1.165) is 5.75 Å². The van der Waals surface area contributed by atoms with Crippen molar-refractivity contribution in [3.05, 3.63) is 24.3 Å². The average molecular weight is 266 g/mol. The Morgan fingerprint density at radius 3 is 2.47 bits per heavy atom. The summed E-state index contributed by atoms with van der Waals surface area (Å²) in [6.07, 6.45) is 0.649. The third kappa shape index (κ3) is 5.61. The van der Waals surface area contributed by atoms with E-state index >= 15 is 0 Å². The molecule has 1 aromatic rings. The van der Waals surface area contributed by atoms with Gasteiger partial charge in [-0.25, -0.2) is 4.79 Å². The second-order valence-corrected chi connectivity index (χ2v) is 5.17. The lowest BCUT2D eigenvalue weighted by Crippen LogP contribution is -2.37. The summed E-state index contributed by atoms with van der Waals surface area (Å²) in [5.41, 5.74) is 0.588. The van der Waals surface area contributed by atoms with Crippen LogP contribution in [0.4, 0.5) is 10.5 Å². The summed E-state index contributed by atoms with van der Waals surface area (Å²) in [6, 6.07) is 6.86. The molecule has 0 heterocycles. The van der Waals surface area contributed by atoms with Gasteiger partial charge in [-0.1, -0.05) is 13.8 Å². The third-order valence-corrected chi connectivity index (χ3v) is 2.86. The molecule has 1 aromatic carbocycles. The Morgan fingerprint density at radius 1 is 1.32 bits per heavy atom. The van der Waals surface area contributed by atoms with Gasteiger partial charge in [0.05, 0.1) is 7.11 Å². The molecule has 3 N–H and O–H groups in total. The van der Waals surface area contributed by atoms with Crippen molar-refractivity contribution >= 4 is 11.7 Å². The van der Waals surface area contributed by atoms with Crippen LogP contribution >= 0.6 is 0 Å². The van der Waals surface area contributed by atoms with Crippen molar-refractivity contribution < 1.29 is 14.6 Å². The van der Waals surface area contributed by atoms with E-state index in [2.05, 4.69) is 10.6 Å². The van der Waals surface area contributed by atoms with Crippen LogP contribution in [0.3, 0.4) is 0 Å². The molecular weight excluding hydrogens is 244 g/mol. The van der Waals surface area contributed by atoms with Crippen molar-refractivity contribution in [1.29, 1.82) is 0 Å². The molecule has 0 saturated heterocycles. The Morgan fingerprint density at radius 2 is 1.95 bits per heavy atom. The summed E-state index contributed by atoms with van der Waals surface area (Å²) in [4.78, 5) is 11.7. The van der Waals surface area contributed by atoms with Crippen LogP contribution in [-0.4, -0.2) is 31.4 Å². The molecule has 5 nitrogen and oxygen atoms in total. The first-order valence-corrected chi connectivity index (χ1v) is 6.26. The summed E-state index contributed by atoms with van der Waals surface area (Å²) in [5.74, 6) is 0.745. The molecule has 0 atom stereocenters. The van der Waals surface area contributed by atoms with Crippen molar-refractivity contribution in [2.45, 2.75) is 20.3 Å². The van der Waals surface area contributed by atoms with E-state index in [1.807, 2.05) is 13.8 Å². The monoisotopic (exact) mass is 266 g/mol. The van der Waals surface area contributed by atoms with E-state index < -0.39 is 0 Å². The smallest absolute Gasteiger partial charge is 0.319 e. The fourth-order valence-corrected chi connectivity index (χ4v) is 1.56. The number of methoxy groups -OCH3 is 1. The lowest BCUT2D eigenvalue weighted by Gasteiger charge is -2.23. The van der Waals surface area contributed by atoms with Crippen LogP contribution in [-0.2, 0) is 0 Å². The Kier molecular flexibility index (Phi) is 5.63. The topological polar surface area (TPSA) is 70.6 Å². The zero-order valence-corrected chi connectivity index (χ0v) is 11.7. The Bertz CT molecular complexity index is 402. The third-order valence-electron chi connectivity index (χ3n) is 2.86. The van der Waals surface area contributed by atoms with Gasteiger partial charge in [0.1, 0.15) is 5.75 Å². The van der Waals surface area contributed by atoms with Crippen LogP contribution in [0.2, 0.25) is 0 Å². The minimum Gasteiger partial charge on any atom is -0.497 e. The van der Waals surface area contributed by atoms with Gasteiger partial charge in [-0.05, 0) is 36.1 Å².